The molecular formula is C9H13ClN2O. The summed E-state index contributed by atoms with van der Waals surface area (Å²) in [6.07, 6.45) is 1.64. The van der Waals surface area contributed by atoms with Gasteiger partial charge in [-0.25, -0.2) is 4.98 Å². The van der Waals surface area contributed by atoms with Crippen LogP contribution in [0.5, 0.6) is 0 Å². The van der Waals surface area contributed by atoms with Crippen molar-refractivity contribution in [3.05, 3.63) is 29.0 Å². The minimum Gasteiger partial charge on any atom is -0.372 e. The summed E-state index contributed by atoms with van der Waals surface area (Å²) < 4.78 is 5.32. The van der Waals surface area contributed by atoms with Gasteiger partial charge < -0.3 is 10.5 Å². The maximum atomic E-state index is 5.76. The van der Waals surface area contributed by atoms with Gasteiger partial charge in [0.05, 0.1) is 0 Å². The van der Waals surface area contributed by atoms with Gasteiger partial charge in [0, 0.05) is 19.9 Å². The molecule has 0 bridgehead atoms. The van der Waals surface area contributed by atoms with E-state index in [1.165, 1.54) is 0 Å². The fourth-order valence-corrected chi connectivity index (χ4v) is 1.22. The molecule has 1 rings (SSSR count). The maximum absolute atomic E-state index is 5.76. The van der Waals surface area contributed by atoms with Gasteiger partial charge in [0.25, 0.3) is 0 Å². The van der Waals surface area contributed by atoms with E-state index in [1.54, 1.807) is 19.4 Å². The van der Waals surface area contributed by atoms with E-state index in [0.717, 1.165) is 5.56 Å². The highest BCUT2D eigenvalue weighted by atomic mass is 35.5. The average Bonchev–Trinajstić information content (AvgIpc) is 2.17. The van der Waals surface area contributed by atoms with Crippen molar-refractivity contribution in [1.29, 1.82) is 0 Å². The second-order valence-electron chi connectivity index (χ2n) is 3.01. The third kappa shape index (κ3) is 2.18. The van der Waals surface area contributed by atoms with E-state index in [4.69, 9.17) is 22.1 Å². The minimum absolute atomic E-state index is 0.407. The van der Waals surface area contributed by atoms with Crippen molar-refractivity contribution in [2.45, 2.75) is 12.5 Å². The van der Waals surface area contributed by atoms with E-state index in [9.17, 15) is 0 Å². The van der Waals surface area contributed by atoms with Crippen molar-refractivity contribution in [3.8, 4) is 0 Å². The highest BCUT2D eigenvalue weighted by Crippen LogP contribution is 2.24. The minimum atomic E-state index is -0.480. The molecule has 0 aromatic carbocycles. The van der Waals surface area contributed by atoms with Crippen LogP contribution in [0.15, 0.2) is 18.3 Å². The number of hydrogen-bond acceptors (Lipinski definition) is 3. The first-order chi connectivity index (χ1) is 6.12. The topological polar surface area (TPSA) is 48.1 Å². The highest BCUT2D eigenvalue weighted by molar-refractivity contribution is 6.29. The Morgan fingerprint density at radius 3 is 2.85 bits per heavy atom. The van der Waals surface area contributed by atoms with Crippen LogP contribution in [0.4, 0.5) is 0 Å². The lowest BCUT2D eigenvalue weighted by Gasteiger charge is -2.26. The Labute approximate surface area is 82.9 Å². The lowest BCUT2D eigenvalue weighted by atomic mass is 9.97. The number of rotatable bonds is 3. The van der Waals surface area contributed by atoms with Crippen LogP contribution in [0.2, 0.25) is 5.15 Å². The Morgan fingerprint density at radius 2 is 2.38 bits per heavy atom. The number of nitrogens with zero attached hydrogens (tertiary/aromatic N) is 1. The van der Waals surface area contributed by atoms with Crippen molar-refractivity contribution in [2.75, 3.05) is 13.7 Å². The summed E-state index contributed by atoms with van der Waals surface area (Å²) in [4.78, 5) is 3.89. The second kappa shape index (κ2) is 4.05. The molecule has 0 amide bonds. The number of aromatic nitrogens is 1. The van der Waals surface area contributed by atoms with Crippen LogP contribution in [0.3, 0.4) is 0 Å². The van der Waals surface area contributed by atoms with Gasteiger partial charge in [-0.05, 0) is 24.6 Å². The van der Waals surface area contributed by atoms with Gasteiger partial charge in [-0.2, -0.15) is 0 Å². The Bertz CT molecular complexity index is 287. The molecule has 1 aromatic heterocycles. The third-order valence-corrected chi connectivity index (χ3v) is 2.38. The summed E-state index contributed by atoms with van der Waals surface area (Å²) in [5.74, 6) is 0. The molecule has 72 valence electrons. The molecule has 0 fully saturated rings. The van der Waals surface area contributed by atoms with Crippen LogP contribution in [-0.4, -0.2) is 18.6 Å². The first kappa shape index (κ1) is 10.4. The molecule has 0 radical (unpaired) electrons. The van der Waals surface area contributed by atoms with Gasteiger partial charge in [-0.15, -0.1) is 0 Å². The standard InChI is InChI=1S/C9H13ClN2O/c1-9(6-11,13-2)7-3-4-12-8(10)5-7/h3-5H,6,11H2,1-2H3. The molecule has 13 heavy (non-hydrogen) atoms. The van der Waals surface area contributed by atoms with E-state index < -0.39 is 5.60 Å². The molecule has 0 spiro atoms. The lowest BCUT2D eigenvalue weighted by Crippen LogP contribution is -2.33. The Hall–Kier alpha value is -0.640. The van der Waals surface area contributed by atoms with Gasteiger partial charge >= 0.3 is 0 Å². The third-order valence-electron chi connectivity index (χ3n) is 2.18. The zero-order valence-corrected chi connectivity index (χ0v) is 8.51. The molecule has 4 heteroatoms. The number of ether oxygens (including phenoxy) is 1. The smallest absolute Gasteiger partial charge is 0.129 e. The molecule has 2 N–H and O–H groups in total. The summed E-state index contributed by atoms with van der Waals surface area (Å²) >= 11 is 5.76. The first-order valence-corrected chi connectivity index (χ1v) is 4.37. The SMILES string of the molecule is COC(C)(CN)c1ccnc(Cl)c1. The Morgan fingerprint density at radius 1 is 1.69 bits per heavy atom. The largest absolute Gasteiger partial charge is 0.372 e. The molecule has 0 aliphatic heterocycles. The van der Waals surface area contributed by atoms with Crippen LogP contribution in [0.1, 0.15) is 12.5 Å². The molecule has 3 nitrogen and oxygen atoms in total. The van der Waals surface area contributed by atoms with Crippen LogP contribution < -0.4 is 5.73 Å². The van der Waals surface area contributed by atoms with Crippen molar-refractivity contribution < 1.29 is 4.74 Å². The fourth-order valence-electron chi connectivity index (χ4n) is 1.05. The van der Waals surface area contributed by atoms with Crippen molar-refractivity contribution in [3.63, 3.8) is 0 Å². The van der Waals surface area contributed by atoms with Crippen molar-refractivity contribution in [1.82, 2.24) is 4.98 Å². The van der Waals surface area contributed by atoms with Crippen LogP contribution in [0, 0.1) is 0 Å². The number of hydrogen-bond donors (Lipinski definition) is 1. The molecule has 1 unspecified atom stereocenters. The van der Waals surface area contributed by atoms with Gasteiger partial charge in [0.1, 0.15) is 10.8 Å². The van der Waals surface area contributed by atoms with Gasteiger partial charge in [0.2, 0.25) is 0 Å². The molecule has 1 aromatic rings. The first-order valence-electron chi connectivity index (χ1n) is 3.99. The monoisotopic (exact) mass is 200 g/mol. The van der Waals surface area contributed by atoms with E-state index in [1.807, 2.05) is 13.0 Å². The Balaban J connectivity index is 3.05. The van der Waals surface area contributed by atoms with Gasteiger partial charge in [-0.1, -0.05) is 11.6 Å². The van der Waals surface area contributed by atoms with Crippen molar-refractivity contribution >= 4 is 11.6 Å². The van der Waals surface area contributed by atoms with E-state index >= 15 is 0 Å². The molecule has 0 saturated carbocycles. The Kier molecular flexibility index (Phi) is 3.25. The zero-order chi connectivity index (χ0) is 9.90. The number of pyridine rings is 1. The van der Waals surface area contributed by atoms with Crippen LogP contribution in [0.25, 0.3) is 0 Å². The summed E-state index contributed by atoms with van der Waals surface area (Å²) in [6, 6.07) is 3.61. The average molecular weight is 201 g/mol. The normalized spacial score (nSPS) is 15.4. The molecule has 1 atom stereocenters. The van der Waals surface area contributed by atoms with Crippen molar-refractivity contribution in [2.24, 2.45) is 5.73 Å². The molecule has 0 aliphatic rings. The highest BCUT2D eigenvalue weighted by Gasteiger charge is 2.24. The summed E-state index contributed by atoms with van der Waals surface area (Å²) in [5, 5.41) is 0.453. The van der Waals surface area contributed by atoms with E-state index in [0.29, 0.717) is 11.7 Å². The van der Waals surface area contributed by atoms with E-state index in [-0.39, 0.29) is 0 Å². The lowest BCUT2D eigenvalue weighted by molar-refractivity contribution is 0.0100. The summed E-state index contributed by atoms with van der Waals surface area (Å²) in [5.41, 5.74) is 6.07. The van der Waals surface area contributed by atoms with Crippen LogP contribution in [-0.2, 0) is 10.3 Å². The summed E-state index contributed by atoms with van der Waals surface area (Å²) in [7, 11) is 1.63. The maximum Gasteiger partial charge on any atom is 0.129 e. The molecule has 0 aliphatic carbocycles. The predicted molar refractivity (Wildman–Crippen MR) is 52.7 cm³/mol. The quantitative estimate of drug-likeness (QED) is 0.754. The zero-order valence-electron chi connectivity index (χ0n) is 7.75. The summed E-state index contributed by atoms with van der Waals surface area (Å²) in [6.45, 7) is 2.32. The van der Waals surface area contributed by atoms with Gasteiger partial charge in [-0.3, -0.25) is 0 Å². The van der Waals surface area contributed by atoms with Gasteiger partial charge in [0.15, 0.2) is 0 Å². The number of nitrogens with two attached hydrogens (primary N) is 1. The van der Waals surface area contributed by atoms with E-state index in [2.05, 4.69) is 4.98 Å². The number of halogens is 1. The number of methoxy groups -OCH3 is 1. The fraction of sp³-hybridized carbons (Fsp3) is 0.444. The second-order valence-corrected chi connectivity index (χ2v) is 3.39. The molecule has 1 heterocycles. The molecular weight excluding hydrogens is 188 g/mol. The molecule has 0 saturated heterocycles. The van der Waals surface area contributed by atoms with Crippen LogP contribution >= 0.6 is 11.6 Å². The predicted octanol–water partition coefficient (Wildman–Crippen LogP) is 1.56.